The van der Waals surface area contributed by atoms with E-state index in [1.165, 1.54) is 38.5 Å². The summed E-state index contributed by atoms with van der Waals surface area (Å²) in [7, 11) is 2.95. The van der Waals surface area contributed by atoms with Gasteiger partial charge in [-0.2, -0.15) is 0 Å². The summed E-state index contributed by atoms with van der Waals surface area (Å²) in [6.45, 7) is 7.45. The van der Waals surface area contributed by atoms with Crippen molar-refractivity contribution in [2.24, 2.45) is 0 Å². The van der Waals surface area contributed by atoms with Crippen LogP contribution in [0.15, 0.2) is 224 Å². The molecule has 0 amide bonds. The summed E-state index contributed by atoms with van der Waals surface area (Å²) in [5.74, 6) is -0.204. The summed E-state index contributed by atoms with van der Waals surface area (Å²) in [4.78, 5) is 0. The van der Waals surface area contributed by atoms with Gasteiger partial charge >= 0.3 is 0 Å². The minimum Gasteiger partial charge on any atom is -0.508 e. The van der Waals surface area contributed by atoms with Gasteiger partial charge in [0.15, 0.2) is 34.5 Å². The summed E-state index contributed by atoms with van der Waals surface area (Å²) in [5.41, 5.74) is 11.0. The largest absolute Gasteiger partial charge is 0.508 e. The molecule has 0 saturated carbocycles. The molecule has 12 aromatic rings. The van der Waals surface area contributed by atoms with Crippen molar-refractivity contribution in [2.45, 2.75) is 51.4 Å². The fraction of sp³-hybridized carbons (Fsp3) is 0.111. The van der Waals surface area contributed by atoms with E-state index in [0.717, 1.165) is 38.9 Å². The molecule has 12 rings (SSSR count). The third-order valence-electron chi connectivity index (χ3n) is 18.1. The maximum atomic E-state index is 10.5. The lowest BCUT2D eigenvalue weighted by molar-refractivity contribution is 0.372. The molecule has 0 saturated heterocycles. The van der Waals surface area contributed by atoms with Gasteiger partial charge in [0.2, 0.25) is 0 Å². The Balaban J connectivity index is 0.000000168. The molecule has 17 N–H and O–H groups in total. The number of benzene rings is 12. The van der Waals surface area contributed by atoms with Crippen molar-refractivity contribution in [3.63, 3.8) is 0 Å². The molecule has 12 aromatic carbocycles. The molecule has 0 fully saturated rings. The number of methoxy groups -OCH3 is 2. The zero-order valence-electron chi connectivity index (χ0n) is 60.2. The Kier molecular flexibility index (Phi) is 26.1. The van der Waals surface area contributed by atoms with E-state index < -0.39 is 5.92 Å². The molecular weight excluding hydrogens is 1380 g/mol. The highest BCUT2D eigenvalue weighted by Crippen LogP contribution is 2.45. The van der Waals surface area contributed by atoms with Crippen molar-refractivity contribution in [2.75, 3.05) is 14.2 Å². The normalized spacial score (nSPS) is 12.3. The smallest absolute Gasteiger partial charge is 0.160 e. The van der Waals surface area contributed by atoms with E-state index >= 15 is 0 Å². The van der Waals surface area contributed by atoms with E-state index in [2.05, 4.69) is 0 Å². The second-order valence-corrected chi connectivity index (χ2v) is 25.7. The second kappa shape index (κ2) is 36.0. The number of phenolic OH excluding ortho intramolecular Hbond substituents is 17. The van der Waals surface area contributed by atoms with Crippen LogP contribution in [-0.4, -0.2) is 101 Å². The van der Waals surface area contributed by atoms with E-state index in [-0.39, 0.29) is 115 Å². The molecule has 558 valence electrons. The molecule has 0 aliphatic carbocycles. The third kappa shape index (κ3) is 20.8. The Bertz CT molecular complexity index is 5170. The van der Waals surface area contributed by atoms with Crippen molar-refractivity contribution < 1.29 is 96.3 Å². The van der Waals surface area contributed by atoms with Crippen LogP contribution in [0.25, 0.3) is 48.6 Å². The van der Waals surface area contributed by atoms with Crippen LogP contribution >= 0.6 is 0 Å². The summed E-state index contributed by atoms with van der Waals surface area (Å²) in [5, 5.41) is 169. The van der Waals surface area contributed by atoms with Crippen molar-refractivity contribution in [3.05, 3.63) is 313 Å². The first-order valence-corrected chi connectivity index (χ1v) is 34.2. The lowest BCUT2D eigenvalue weighted by atomic mass is 9.88. The van der Waals surface area contributed by atoms with E-state index in [9.17, 15) is 86.8 Å². The maximum absolute atomic E-state index is 10.5. The van der Waals surface area contributed by atoms with Crippen LogP contribution in [0.1, 0.15) is 140 Å². The first-order valence-electron chi connectivity index (χ1n) is 34.2. The minimum absolute atomic E-state index is 0.0101. The summed E-state index contributed by atoms with van der Waals surface area (Å²) >= 11 is 0. The van der Waals surface area contributed by atoms with Crippen molar-refractivity contribution in [1.29, 1.82) is 0 Å². The fourth-order valence-electron chi connectivity index (χ4n) is 12.1. The molecule has 0 spiro atoms. The van der Waals surface area contributed by atoms with Crippen LogP contribution in [0.3, 0.4) is 0 Å². The Morgan fingerprint density at radius 3 is 0.761 bits per heavy atom. The molecule has 0 aliphatic rings. The monoisotopic (exact) mass is 1470 g/mol. The molecule has 19 nitrogen and oxygen atoms in total. The quantitative estimate of drug-likeness (QED) is 0.0280. The zero-order valence-corrected chi connectivity index (χ0v) is 60.2. The molecular formula is C90H84O19. The number of hydrogen-bond donors (Lipinski definition) is 17. The first-order chi connectivity index (χ1) is 52.1. The summed E-state index contributed by atoms with van der Waals surface area (Å²) in [6, 6.07) is 60.2. The standard InChI is InChI=1S/2C23H22O5.C22H20O5.C22H20O4/c1-14(16-7-10-20(26)22(12-16)28-2)23-17(11-19(25)13-21(23)27)6-3-15-4-8-18(24)9-5-15;1-14(17-7-10-19(25)22(13-17)28-2)23-20(26)11-16(12-21(23)27)4-3-15-5-8-18(24)9-6-15;1-13(16-6-9-18(24)19(25)12-16)22-20(26)10-15(11-21(22)27)3-2-14-4-7-17(23)8-5-14;1-14(17-6-10-19(24)11-7-17)22-20(25)12-16(13-21(22)26)3-2-15-4-8-18(23)9-5-15/h2*3-14,24-27H,1-2H3;2-13,23-27H,1H3;2-14,23-26H,1H3/b6-3+;4-3+;2*3-2+. The Morgan fingerprint density at radius 1 is 0.202 bits per heavy atom. The topological polar surface area (TPSA) is 362 Å². The number of ether oxygens (including phenoxy) is 2. The average Bonchev–Trinajstić information content (AvgIpc) is 0.815. The minimum atomic E-state index is -0.397. The third-order valence-corrected chi connectivity index (χ3v) is 18.1. The fourth-order valence-corrected chi connectivity index (χ4v) is 12.1. The van der Waals surface area contributed by atoms with Gasteiger partial charge in [-0.25, -0.2) is 0 Å². The Hall–Kier alpha value is -14.2. The van der Waals surface area contributed by atoms with Gasteiger partial charge in [0.05, 0.1) is 14.2 Å². The molecule has 19 heteroatoms. The lowest BCUT2D eigenvalue weighted by Crippen LogP contribution is -2.00. The van der Waals surface area contributed by atoms with Crippen LogP contribution in [0.5, 0.6) is 109 Å². The Labute approximate surface area is 630 Å². The number of hydrogen-bond acceptors (Lipinski definition) is 19. The first kappa shape index (κ1) is 78.9. The molecule has 0 aliphatic heterocycles. The van der Waals surface area contributed by atoms with Gasteiger partial charge < -0.3 is 96.3 Å². The van der Waals surface area contributed by atoms with Gasteiger partial charge in [-0.05, 0) is 206 Å². The Morgan fingerprint density at radius 2 is 0.450 bits per heavy atom. The SMILES string of the molecule is CC(c1ccc(O)c(O)c1)c1c(O)cc(/C=C/c2ccc(O)cc2)cc1O.CC(c1ccc(O)cc1)c1c(O)cc(/C=C/c2ccc(O)cc2)cc1O.COc1cc(C(C)c2c(O)cc(/C=C/c3ccc(O)cc3)cc2O)ccc1O.COc1cc(C(C)c2c(O)cc(O)cc2/C=C/c2ccc(O)cc2)ccc1O. The molecule has 4 atom stereocenters. The molecule has 0 heterocycles. The second-order valence-electron chi connectivity index (χ2n) is 25.7. The van der Waals surface area contributed by atoms with Crippen LogP contribution in [0.4, 0.5) is 0 Å². The highest BCUT2D eigenvalue weighted by Gasteiger charge is 2.24. The summed E-state index contributed by atoms with van der Waals surface area (Å²) < 4.78 is 10.3. The predicted octanol–water partition coefficient (Wildman–Crippen LogP) is 19.0. The lowest BCUT2D eigenvalue weighted by Gasteiger charge is -2.18. The van der Waals surface area contributed by atoms with E-state index in [1.807, 2.05) is 39.0 Å². The van der Waals surface area contributed by atoms with E-state index in [1.54, 1.807) is 237 Å². The molecule has 0 aromatic heterocycles. The van der Waals surface area contributed by atoms with Crippen LogP contribution in [-0.2, 0) is 0 Å². The van der Waals surface area contributed by atoms with Crippen molar-refractivity contribution in [1.82, 2.24) is 0 Å². The van der Waals surface area contributed by atoms with Gasteiger partial charge in [-0.3, -0.25) is 0 Å². The average molecular weight is 1470 g/mol. The molecule has 0 bridgehead atoms. The molecule has 109 heavy (non-hydrogen) atoms. The maximum Gasteiger partial charge on any atom is 0.160 e. The van der Waals surface area contributed by atoms with Crippen LogP contribution < -0.4 is 9.47 Å². The highest BCUT2D eigenvalue weighted by atomic mass is 16.5. The van der Waals surface area contributed by atoms with Gasteiger partial charge in [0, 0.05) is 52.0 Å². The van der Waals surface area contributed by atoms with Crippen molar-refractivity contribution in [3.8, 4) is 109 Å². The zero-order chi connectivity index (χ0) is 78.8. The van der Waals surface area contributed by atoms with E-state index in [0.29, 0.717) is 61.6 Å². The number of rotatable bonds is 18. The highest BCUT2D eigenvalue weighted by molar-refractivity contribution is 5.77. The summed E-state index contributed by atoms with van der Waals surface area (Å²) in [6.07, 6.45) is 14.4. The van der Waals surface area contributed by atoms with Gasteiger partial charge in [-0.1, -0.05) is 155 Å². The van der Waals surface area contributed by atoms with E-state index in [4.69, 9.17) is 9.47 Å². The van der Waals surface area contributed by atoms with Gasteiger partial charge in [0.1, 0.15) is 74.7 Å². The number of aromatic hydroxyl groups is 17. The molecule has 4 unspecified atom stereocenters. The van der Waals surface area contributed by atoms with Crippen LogP contribution in [0.2, 0.25) is 0 Å². The van der Waals surface area contributed by atoms with Crippen molar-refractivity contribution >= 4 is 48.6 Å². The van der Waals surface area contributed by atoms with Crippen LogP contribution in [0, 0.1) is 0 Å². The molecule has 0 radical (unpaired) electrons. The van der Waals surface area contributed by atoms with Gasteiger partial charge in [-0.15, -0.1) is 0 Å². The predicted molar refractivity (Wildman–Crippen MR) is 424 cm³/mol. The number of phenols is 17. The van der Waals surface area contributed by atoms with Gasteiger partial charge in [0.25, 0.3) is 0 Å².